The average molecular weight is 989 g/mol. The second-order valence-corrected chi connectivity index (χ2v) is 18.8. The lowest BCUT2D eigenvalue weighted by atomic mass is 10.1. The van der Waals surface area contributed by atoms with Crippen LogP contribution in [0.4, 0.5) is 0 Å². The van der Waals surface area contributed by atoms with Gasteiger partial charge in [0.15, 0.2) is 6.10 Å². The van der Waals surface area contributed by atoms with Gasteiger partial charge in [-0.25, -0.2) is 0 Å². The van der Waals surface area contributed by atoms with E-state index in [-0.39, 0.29) is 68.1 Å². The minimum Gasteiger partial charge on any atom is -1.00 e. The average Bonchev–Trinajstić information content (AvgIpc) is 3.16. The standard InChI is InChI=1S/C15H33N.C14H33N2.C13H30N2O.C5H11ClN.5ClH/c1-4-6-7-8-9-10-11-12-13-16-14-15(3)5-2;1-6-14(2)13-15-11-9-7-8-10-12-16(3,4)5;1-5-11(3)7-14-9-13(16)10-15-8-12(4)6-2;1-3-5(2)4-7-6;;;;;/h15-16H,4-14H2,1-3H3;14-15H,6-13H2,1-5H3;11-16H,5-10H2,1-4H3;5H,3-4H2,1-2H3;5*1H/q;+1;;-1;;;;;/p-1. The van der Waals surface area contributed by atoms with Crippen molar-refractivity contribution in [2.75, 3.05) is 86.6 Å². The normalized spacial score (nSPS) is 13.4. The Balaban J connectivity index is -0.0000000828. The molecule has 60 heavy (non-hydrogen) atoms. The van der Waals surface area contributed by atoms with Crippen molar-refractivity contribution in [3.63, 3.8) is 0 Å². The zero-order valence-corrected chi connectivity index (χ0v) is 47.0. The van der Waals surface area contributed by atoms with Crippen LogP contribution in [0.2, 0.25) is 0 Å². The van der Waals surface area contributed by atoms with E-state index < -0.39 is 0 Å². The zero-order valence-electron chi connectivity index (χ0n) is 42.5. The highest BCUT2D eigenvalue weighted by Gasteiger charge is 2.11. The Labute approximate surface area is 414 Å². The summed E-state index contributed by atoms with van der Waals surface area (Å²) in [5.74, 6) is 3.96. The summed E-state index contributed by atoms with van der Waals surface area (Å²) in [4.78, 5) is 3.48. The second-order valence-electron chi connectivity index (χ2n) is 18.6. The Kier molecular flexibility index (Phi) is 88.1. The van der Waals surface area contributed by atoms with Crippen LogP contribution in [-0.2, 0) is 0 Å². The van der Waals surface area contributed by atoms with Crippen molar-refractivity contribution < 1.29 is 92.9 Å². The number of hydrogen-bond acceptors (Lipinski definition) is 1. The third kappa shape index (κ3) is 79.8. The molecule has 0 fully saturated rings. The molecule has 0 amide bonds. The van der Waals surface area contributed by atoms with Crippen LogP contribution in [0, 0.1) is 29.6 Å². The molecule has 0 aliphatic rings. The second kappa shape index (κ2) is 64.7. The minimum atomic E-state index is -0.159. The van der Waals surface area contributed by atoms with Crippen molar-refractivity contribution >= 4 is 11.8 Å². The van der Waals surface area contributed by atoms with E-state index in [2.05, 4.69) is 123 Å². The van der Waals surface area contributed by atoms with Crippen molar-refractivity contribution in [2.24, 2.45) is 29.6 Å². The number of halogens is 6. The summed E-state index contributed by atoms with van der Waals surface area (Å²) in [5, 5.41) is 19.2. The molecule has 7 nitrogen and oxygen atoms in total. The summed E-state index contributed by atoms with van der Waals surface area (Å²) in [7, 11) is 6.83. The Morgan fingerprint density at radius 1 is 0.433 bits per heavy atom. The molecule has 0 aromatic heterocycles. The van der Waals surface area contributed by atoms with E-state index in [1.165, 1.54) is 135 Å². The fourth-order valence-electron chi connectivity index (χ4n) is 5.61. The van der Waals surface area contributed by atoms with E-state index in [9.17, 15) is 5.11 Å². The highest BCUT2D eigenvalue weighted by Crippen LogP contribution is 2.08. The number of nitrogens with zero attached hydrogens (tertiary/aromatic N) is 2. The van der Waals surface area contributed by atoms with E-state index in [0.29, 0.717) is 5.92 Å². The molecule has 0 heterocycles. The van der Waals surface area contributed by atoms with Crippen LogP contribution in [0.5, 0.6) is 0 Å². The van der Waals surface area contributed by atoms with Gasteiger partial charge in [0.2, 0.25) is 0 Å². The molecule has 9 N–H and O–H groups in total. The van der Waals surface area contributed by atoms with Gasteiger partial charge >= 0.3 is 0 Å². The molecule has 0 spiro atoms. The van der Waals surface area contributed by atoms with Gasteiger partial charge in [-0.1, -0.05) is 127 Å². The number of rotatable bonds is 35. The summed E-state index contributed by atoms with van der Waals surface area (Å²) in [6.07, 6.45) is 23.2. The van der Waals surface area contributed by atoms with Gasteiger partial charge in [-0.15, -0.1) is 6.54 Å². The lowest BCUT2D eigenvalue weighted by Crippen LogP contribution is -3.00. The molecule has 0 aromatic rings. The van der Waals surface area contributed by atoms with Gasteiger partial charge in [0, 0.05) is 23.7 Å². The van der Waals surface area contributed by atoms with Gasteiger partial charge < -0.3 is 97.7 Å². The molecule has 0 aromatic carbocycles. The van der Waals surface area contributed by atoms with Gasteiger partial charge in [-0.3, -0.25) is 11.8 Å². The maximum absolute atomic E-state index is 9.76. The first-order valence-electron chi connectivity index (χ1n) is 24.2. The van der Waals surface area contributed by atoms with Crippen molar-refractivity contribution in [1.29, 1.82) is 0 Å². The number of aliphatic hydroxyl groups excluding tert-OH is 1. The lowest BCUT2D eigenvalue weighted by molar-refractivity contribution is -0.870. The van der Waals surface area contributed by atoms with Crippen LogP contribution in [0.15, 0.2) is 0 Å². The van der Waals surface area contributed by atoms with E-state index in [0.717, 1.165) is 67.3 Å². The molecule has 0 rings (SSSR count). The topological polar surface area (TPSA) is 101 Å². The summed E-state index contributed by atoms with van der Waals surface area (Å²) in [5.41, 5.74) is 0. The Morgan fingerprint density at radius 2 is 0.733 bits per heavy atom. The molecule has 5 atom stereocenters. The van der Waals surface area contributed by atoms with Crippen LogP contribution >= 0.6 is 11.8 Å². The smallest absolute Gasteiger partial charge is 0.151 e. The van der Waals surface area contributed by atoms with Crippen LogP contribution in [0.1, 0.15) is 185 Å². The molecule has 0 radical (unpaired) electrons. The van der Waals surface area contributed by atoms with Gasteiger partial charge in [0.1, 0.15) is 13.1 Å². The summed E-state index contributed by atoms with van der Waals surface area (Å²) in [6.45, 7) is 36.2. The minimum absolute atomic E-state index is 0. The predicted octanol–water partition coefficient (Wildman–Crippen LogP) is -7.25. The molecule has 5 unspecified atom stereocenters. The van der Waals surface area contributed by atoms with Crippen LogP contribution in [-0.4, -0.2) is 102 Å². The highest BCUT2D eigenvalue weighted by molar-refractivity contribution is 6.24. The van der Waals surface area contributed by atoms with Gasteiger partial charge in [-0.05, 0) is 64.2 Å². The van der Waals surface area contributed by atoms with Crippen LogP contribution in [0.25, 0.3) is 4.84 Å². The van der Waals surface area contributed by atoms with Crippen molar-refractivity contribution in [3.8, 4) is 0 Å². The molecule has 378 valence electrons. The summed E-state index contributed by atoms with van der Waals surface area (Å²) in [6, 6.07) is 0. The Hall–Kier alpha value is 1.46. The fraction of sp³-hybridized carbons (Fsp3) is 1.00. The van der Waals surface area contributed by atoms with Gasteiger partial charge in [-0.2, -0.15) is 0 Å². The number of hydrogen-bond donors (Lipinski definition) is 5. The molecule has 0 saturated carbocycles. The van der Waals surface area contributed by atoms with E-state index in [1.54, 1.807) is 0 Å². The highest BCUT2D eigenvalue weighted by atomic mass is 35.5. The first-order chi connectivity index (χ1) is 26.2. The third-order valence-corrected chi connectivity index (χ3v) is 11.4. The van der Waals surface area contributed by atoms with E-state index in [4.69, 9.17) is 11.8 Å². The Morgan fingerprint density at radius 3 is 1.02 bits per heavy atom. The summed E-state index contributed by atoms with van der Waals surface area (Å²) >= 11 is 5.10. The molecule has 0 aliphatic heterocycles. The molecule has 0 aliphatic carbocycles. The molecular formula is C47H111Cl6N6O-. The molecule has 0 bridgehead atoms. The van der Waals surface area contributed by atoms with E-state index >= 15 is 0 Å². The first-order valence-corrected chi connectivity index (χ1v) is 24.5. The zero-order chi connectivity index (χ0) is 42.6. The van der Waals surface area contributed by atoms with Gasteiger partial charge in [0.25, 0.3) is 0 Å². The predicted molar refractivity (Wildman–Crippen MR) is 248 cm³/mol. The third-order valence-electron chi connectivity index (χ3n) is 11.3. The van der Waals surface area contributed by atoms with Crippen LogP contribution in [0.3, 0.4) is 0 Å². The quantitative estimate of drug-likeness (QED) is 0.0317. The monoisotopic (exact) mass is 986 g/mol. The van der Waals surface area contributed by atoms with Gasteiger partial charge in [0.05, 0.1) is 67.0 Å². The fourth-order valence-corrected chi connectivity index (χ4v) is 5.85. The SMILES string of the molecule is CCC(C)C[N-]Cl.CCC(C)C[NH2+]CC(O)C[NH2+]CC(C)CC.CCC(C)C[NH2+]CCCCCC[N+](C)(C)C.CCCCCCCCCC[NH2+]CC(C)CC.[Cl-].[Cl-].[Cl-].[Cl-].[Cl-]. The van der Waals surface area contributed by atoms with Crippen molar-refractivity contribution in [2.45, 2.75) is 191 Å². The first kappa shape index (κ1) is 81.6. The van der Waals surface area contributed by atoms with E-state index in [1.807, 2.05) is 0 Å². The number of unbranched alkanes of at least 4 members (excludes halogenated alkanes) is 10. The number of nitrogens with two attached hydrogens (primary N) is 4. The maximum atomic E-state index is 9.76. The lowest BCUT2D eigenvalue weighted by Gasteiger charge is -2.23. The van der Waals surface area contributed by atoms with Crippen molar-refractivity contribution in [1.82, 2.24) is 0 Å². The molecule has 13 heteroatoms. The number of aliphatic hydroxyl groups is 1. The largest absolute Gasteiger partial charge is 1.00 e. The summed E-state index contributed by atoms with van der Waals surface area (Å²) < 4.78 is 1.11. The maximum Gasteiger partial charge on any atom is 0.151 e. The number of quaternary nitrogens is 5. The van der Waals surface area contributed by atoms with Crippen LogP contribution < -0.4 is 83.3 Å². The van der Waals surface area contributed by atoms with Crippen molar-refractivity contribution in [3.05, 3.63) is 4.84 Å². The Bertz CT molecular complexity index is 687. The molecular weight excluding hydrogens is 877 g/mol. The molecule has 0 saturated heterocycles.